The summed E-state index contributed by atoms with van der Waals surface area (Å²) in [5, 5.41) is 3.59. The van der Waals surface area contributed by atoms with E-state index in [2.05, 4.69) is 29.6 Å². The number of fused-ring (bicyclic) bond motifs is 1. The minimum atomic E-state index is -0.302. The molecule has 21 heavy (non-hydrogen) atoms. The van der Waals surface area contributed by atoms with Crippen molar-refractivity contribution in [3.63, 3.8) is 0 Å². The Morgan fingerprint density at radius 3 is 2.81 bits per heavy atom. The molecule has 1 heterocycles. The van der Waals surface area contributed by atoms with E-state index in [-0.39, 0.29) is 18.4 Å². The summed E-state index contributed by atoms with van der Waals surface area (Å²) < 4.78 is 0. The van der Waals surface area contributed by atoms with Crippen molar-refractivity contribution in [1.29, 1.82) is 0 Å². The van der Waals surface area contributed by atoms with Crippen LogP contribution in [0.2, 0.25) is 0 Å². The number of anilines is 1. The van der Waals surface area contributed by atoms with E-state index < -0.39 is 0 Å². The van der Waals surface area contributed by atoms with Crippen molar-refractivity contribution in [3.05, 3.63) is 59.7 Å². The fourth-order valence-corrected chi connectivity index (χ4v) is 3.81. The molecule has 1 aliphatic rings. The molecule has 0 aromatic heterocycles. The Bertz CT molecular complexity index is 657. The molecule has 0 fully saturated rings. The van der Waals surface area contributed by atoms with Crippen LogP contribution in [0, 0.1) is 0 Å². The molecule has 0 spiro atoms. The second-order valence-corrected chi connectivity index (χ2v) is 6.31. The highest BCUT2D eigenvalue weighted by molar-refractivity contribution is 7.99. The normalized spacial score (nSPS) is 17.0. The summed E-state index contributed by atoms with van der Waals surface area (Å²) in [4.78, 5) is 12.5. The van der Waals surface area contributed by atoms with Crippen molar-refractivity contribution in [2.24, 2.45) is 5.73 Å². The highest BCUT2D eigenvalue weighted by Crippen LogP contribution is 2.38. The summed E-state index contributed by atoms with van der Waals surface area (Å²) in [6.07, 6.45) is 1.35. The van der Waals surface area contributed by atoms with Gasteiger partial charge in [0.15, 0.2) is 0 Å². The van der Waals surface area contributed by atoms with Crippen molar-refractivity contribution < 1.29 is 4.79 Å². The van der Waals surface area contributed by atoms with Crippen LogP contribution in [0.5, 0.6) is 0 Å². The van der Waals surface area contributed by atoms with Gasteiger partial charge in [-0.3, -0.25) is 4.79 Å². The van der Waals surface area contributed by atoms with Crippen LogP contribution in [-0.2, 0) is 11.2 Å². The summed E-state index contributed by atoms with van der Waals surface area (Å²) in [5.74, 6) is 0.802. The van der Waals surface area contributed by atoms with Crippen LogP contribution in [0.4, 0.5) is 5.69 Å². The first kappa shape index (κ1) is 14.0. The zero-order chi connectivity index (χ0) is 14.7. The zero-order valence-electron chi connectivity index (χ0n) is 11.7. The smallest absolute Gasteiger partial charge is 0.221 e. The lowest BCUT2D eigenvalue weighted by atomic mass is 10.0. The number of rotatable bonds is 4. The second kappa shape index (κ2) is 6.22. The third-order valence-corrected chi connectivity index (χ3v) is 4.79. The van der Waals surface area contributed by atoms with Crippen LogP contribution in [0.15, 0.2) is 53.4 Å². The van der Waals surface area contributed by atoms with Crippen LogP contribution < -0.4 is 11.1 Å². The third kappa shape index (κ3) is 3.22. The second-order valence-electron chi connectivity index (χ2n) is 5.17. The molecule has 1 atom stereocenters. The third-order valence-electron chi connectivity index (χ3n) is 3.67. The Morgan fingerprint density at radius 2 is 1.95 bits per heavy atom. The van der Waals surface area contributed by atoms with Gasteiger partial charge in [0.05, 0.1) is 12.5 Å². The number of primary amides is 1. The van der Waals surface area contributed by atoms with E-state index in [9.17, 15) is 4.79 Å². The molecule has 0 bridgehead atoms. The predicted molar refractivity (Wildman–Crippen MR) is 87.5 cm³/mol. The fourth-order valence-electron chi connectivity index (χ4n) is 2.68. The lowest BCUT2D eigenvalue weighted by Gasteiger charge is -2.27. The minimum absolute atomic E-state index is 0.270. The van der Waals surface area contributed by atoms with E-state index in [1.54, 1.807) is 0 Å². The minimum Gasteiger partial charge on any atom is -0.378 e. The summed E-state index contributed by atoms with van der Waals surface area (Å²) >= 11 is 1.90. The first-order valence-corrected chi connectivity index (χ1v) is 8.07. The Hall–Kier alpha value is -1.94. The predicted octanol–water partition coefficient (Wildman–Crippen LogP) is 3.36. The van der Waals surface area contributed by atoms with Gasteiger partial charge < -0.3 is 11.1 Å². The number of nitrogens with two attached hydrogens (primary N) is 1. The van der Waals surface area contributed by atoms with Crippen LogP contribution in [0.25, 0.3) is 0 Å². The first-order chi connectivity index (χ1) is 10.2. The van der Waals surface area contributed by atoms with Crippen molar-refractivity contribution in [3.8, 4) is 0 Å². The van der Waals surface area contributed by atoms with E-state index in [1.165, 1.54) is 10.5 Å². The number of carbonyl (C=O) groups excluding carboxylic acids is 1. The monoisotopic (exact) mass is 298 g/mol. The van der Waals surface area contributed by atoms with Gasteiger partial charge in [-0.15, -0.1) is 11.8 Å². The zero-order valence-corrected chi connectivity index (χ0v) is 12.5. The number of benzene rings is 2. The number of amides is 1. The molecule has 1 amide bonds. The summed E-state index contributed by atoms with van der Waals surface area (Å²) in [5.41, 5.74) is 8.63. The molecule has 0 saturated heterocycles. The Labute approximate surface area is 128 Å². The van der Waals surface area contributed by atoms with Crippen LogP contribution in [-0.4, -0.2) is 11.7 Å². The highest BCUT2D eigenvalue weighted by atomic mass is 32.2. The largest absolute Gasteiger partial charge is 0.378 e. The molecule has 108 valence electrons. The molecule has 0 saturated carbocycles. The van der Waals surface area contributed by atoms with E-state index in [1.807, 2.05) is 36.0 Å². The number of carbonyl (C=O) groups is 1. The molecule has 0 radical (unpaired) electrons. The van der Waals surface area contributed by atoms with E-state index in [4.69, 9.17) is 5.73 Å². The lowest BCUT2D eigenvalue weighted by molar-refractivity contribution is -0.117. The number of hydrogen-bond donors (Lipinski definition) is 2. The maximum Gasteiger partial charge on any atom is 0.221 e. The van der Waals surface area contributed by atoms with Gasteiger partial charge in [-0.05, 0) is 29.7 Å². The van der Waals surface area contributed by atoms with Gasteiger partial charge >= 0.3 is 0 Å². The first-order valence-electron chi connectivity index (χ1n) is 7.08. The summed E-state index contributed by atoms with van der Waals surface area (Å²) in [6, 6.07) is 16.7. The average molecular weight is 298 g/mol. The molecule has 3 rings (SSSR count). The highest BCUT2D eigenvalue weighted by Gasteiger charge is 2.20. The van der Waals surface area contributed by atoms with Crippen molar-refractivity contribution in [1.82, 2.24) is 0 Å². The number of para-hydroxylation sites is 1. The Morgan fingerprint density at radius 1 is 1.19 bits per heavy atom. The maximum absolute atomic E-state index is 11.2. The molecule has 2 aromatic carbocycles. The molecular formula is C17H18N2OS. The summed E-state index contributed by atoms with van der Waals surface area (Å²) in [6.45, 7) is 0. The van der Waals surface area contributed by atoms with Gasteiger partial charge in [0.1, 0.15) is 0 Å². The number of nitrogens with one attached hydrogen (secondary N) is 1. The van der Waals surface area contributed by atoms with Gasteiger partial charge in [0.25, 0.3) is 0 Å². The van der Waals surface area contributed by atoms with Crippen molar-refractivity contribution in [2.75, 3.05) is 11.1 Å². The molecule has 3 nitrogen and oxygen atoms in total. The van der Waals surface area contributed by atoms with Crippen LogP contribution >= 0.6 is 11.8 Å². The molecule has 1 unspecified atom stereocenters. The van der Waals surface area contributed by atoms with Gasteiger partial charge in [-0.1, -0.05) is 36.4 Å². The standard InChI is InChI=1S/C17H18N2OS/c18-17(20)11-12-5-1-3-7-14(12)19-15-9-10-21-16-8-4-2-6-13(15)16/h1-8,15,19H,9-11H2,(H2,18,20). The molecule has 0 aliphatic carbocycles. The molecule has 3 N–H and O–H groups in total. The van der Waals surface area contributed by atoms with Crippen molar-refractivity contribution in [2.45, 2.75) is 23.8 Å². The van der Waals surface area contributed by atoms with E-state index in [0.717, 1.165) is 23.4 Å². The van der Waals surface area contributed by atoms with E-state index >= 15 is 0 Å². The van der Waals surface area contributed by atoms with Gasteiger partial charge in [-0.25, -0.2) is 0 Å². The number of thioether (sulfide) groups is 1. The van der Waals surface area contributed by atoms with Crippen molar-refractivity contribution >= 4 is 23.4 Å². The quantitative estimate of drug-likeness (QED) is 0.910. The maximum atomic E-state index is 11.2. The SMILES string of the molecule is NC(=O)Cc1ccccc1NC1CCSc2ccccc21. The molecular weight excluding hydrogens is 280 g/mol. The Kier molecular flexibility index (Phi) is 4.15. The van der Waals surface area contributed by atoms with Crippen LogP contribution in [0.1, 0.15) is 23.6 Å². The average Bonchev–Trinajstić information content (AvgIpc) is 2.49. The van der Waals surface area contributed by atoms with E-state index in [0.29, 0.717) is 0 Å². The fraction of sp³-hybridized carbons (Fsp3) is 0.235. The molecule has 4 heteroatoms. The van der Waals surface area contributed by atoms with Gasteiger partial charge in [0, 0.05) is 16.3 Å². The van der Waals surface area contributed by atoms with Gasteiger partial charge in [-0.2, -0.15) is 0 Å². The molecule has 1 aliphatic heterocycles. The lowest BCUT2D eigenvalue weighted by Crippen LogP contribution is -2.19. The van der Waals surface area contributed by atoms with Gasteiger partial charge in [0.2, 0.25) is 5.91 Å². The Balaban J connectivity index is 1.86. The topological polar surface area (TPSA) is 55.1 Å². The summed E-state index contributed by atoms with van der Waals surface area (Å²) in [7, 11) is 0. The van der Waals surface area contributed by atoms with Crippen LogP contribution in [0.3, 0.4) is 0 Å². The number of hydrogen-bond acceptors (Lipinski definition) is 3. The molecule has 2 aromatic rings.